The van der Waals surface area contributed by atoms with Crippen LogP contribution in [0.15, 0.2) is 29.2 Å². The van der Waals surface area contributed by atoms with Crippen molar-refractivity contribution in [1.82, 2.24) is 10.2 Å². The van der Waals surface area contributed by atoms with Gasteiger partial charge in [-0.05, 0) is 37.0 Å². The van der Waals surface area contributed by atoms with Gasteiger partial charge in [0.05, 0.1) is 11.4 Å². The SMILES string of the molecule is CC(=O)N(CCc1ccc(S(N)(=O)=O)cc1)CC(=O)NC1CCCCC1. The van der Waals surface area contributed by atoms with Crippen LogP contribution in [0.4, 0.5) is 0 Å². The van der Waals surface area contributed by atoms with Crippen LogP contribution < -0.4 is 10.5 Å². The van der Waals surface area contributed by atoms with Crippen molar-refractivity contribution in [3.63, 3.8) is 0 Å². The van der Waals surface area contributed by atoms with Crippen molar-refractivity contribution in [2.24, 2.45) is 5.14 Å². The molecule has 0 unspecified atom stereocenters. The highest BCUT2D eigenvalue weighted by Crippen LogP contribution is 2.17. The van der Waals surface area contributed by atoms with E-state index in [0.29, 0.717) is 13.0 Å². The Morgan fingerprint density at radius 2 is 1.77 bits per heavy atom. The fourth-order valence-corrected chi connectivity index (χ4v) is 3.67. The van der Waals surface area contributed by atoms with Gasteiger partial charge in [0, 0.05) is 19.5 Å². The van der Waals surface area contributed by atoms with Gasteiger partial charge in [0.1, 0.15) is 0 Å². The lowest BCUT2D eigenvalue weighted by Gasteiger charge is -2.25. The number of primary sulfonamides is 1. The monoisotopic (exact) mass is 381 g/mol. The molecule has 1 aromatic rings. The maximum Gasteiger partial charge on any atom is 0.239 e. The summed E-state index contributed by atoms with van der Waals surface area (Å²) in [5.41, 5.74) is 0.872. The number of benzene rings is 1. The molecule has 0 radical (unpaired) electrons. The summed E-state index contributed by atoms with van der Waals surface area (Å²) >= 11 is 0. The minimum atomic E-state index is -3.71. The lowest BCUT2D eigenvalue weighted by atomic mass is 9.95. The zero-order valence-electron chi connectivity index (χ0n) is 15.1. The van der Waals surface area contributed by atoms with E-state index in [1.165, 1.54) is 30.4 Å². The number of hydrogen-bond donors (Lipinski definition) is 2. The zero-order chi connectivity index (χ0) is 19.2. The molecule has 3 N–H and O–H groups in total. The van der Waals surface area contributed by atoms with Gasteiger partial charge in [-0.3, -0.25) is 9.59 Å². The number of nitrogens with two attached hydrogens (primary N) is 1. The Bertz CT molecular complexity index is 725. The van der Waals surface area contributed by atoms with Crippen LogP contribution in [-0.4, -0.2) is 44.3 Å². The van der Waals surface area contributed by atoms with Gasteiger partial charge in [0.15, 0.2) is 0 Å². The molecule has 1 saturated carbocycles. The number of rotatable bonds is 7. The highest BCUT2D eigenvalue weighted by molar-refractivity contribution is 7.89. The van der Waals surface area contributed by atoms with Gasteiger partial charge >= 0.3 is 0 Å². The molecule has 0 aliphatic heterocycles. The van der Waals surface area contributed by atoms with Crippen molar-refractivity contribution < 1.29 is 18.0 Å². The van der Waals surface area contributed by atoms with Crippen LogP contribution in [0.1, 0.15) is 44.6 Å². The standard InChI is InChI=1S/C18H27N3O4S/c1-14(22)21(13-18(23)20-16-5-3-2-4-6-16)12-11-15-7-9-17(10-8-15)26(19,24)25/h7-10,16H,2-6,11-13H2,1H3,(H,20,23)(H2,19,24,25). The molecule has 7 nitrogen and oxygen atoms in total. The second kappa shape index (κ2) is 9.14. The van der Waals surface area contributed by atoms with Crippen molar-refractivity contribution in [2.75, 3.05) is 13.1 Å². The predicted molar refractivity (Wildman–Crippen MR) is 98.8 cm³/mol. The molecule has 1 fully saturated rings. The molecule has 2 rings (SSSR count). The summed E-state index contributed by atoms with van der Waals surface area (Å²) in [6.07, 6.45) is 6.02. The molecule has 0 bridgehead atoms. The smallest absolute Gasteiger partial charge is 0.239 e. The molecular weight excluding hydrogens is 354 g/mol. The van der Waals surface area contributed by atoms with Crippen LogP contribution in [0.3, 0.4) is 0 Å². The summed E-state index contributed by atoms with van der Waals surface area (Å²) in [5.74, 6) is -0.290. The summed E-state index contributed by atoms with van der Waals surface area (Å²) in [7, 11) is -3.71. The van der Waals surface area contributed by atoms with E-state index >= 15 is 0 Å². The third kappa shape index (κ3) is 6.42. The van der Waals surface area contributed by atoms with E-state index in [4.69, 9.17) is 5.14 Å². The van der Waals surface area contributed by atoms with E-state index < -0.39 is 10.0 Å². The Hall–Kier alpha value is -1.93. The van der Waals surface area contributed by atoms with E-state index in [1.54, 1.807) is 12.1 Å². The predicted octanol–water partition coefficient (Wildman–Crippen LogP) is 1.17. The Morgan fingerprint density at radius 1 is 1.15 bits per heavy atom. The van der Waals surface area contributed by atoms with Crippen molar-refractivity contribution in [3.05, 3.63) is 29.8 Å². The van der Waals surface area contributed by atoms with Gasteiger partial charge in [-0.15, -0.1) is 0 Å². The largest absolute Gasteiger partial charge is 0.352 e. The normalized spacial score (nSPS) is 15.5. The molecule has 26 heavy (non-hydrogen) atoms. The zero-order valence-corrected chi connectivity index (χ0v) is 15.9. The number of nitrogens with one attached hydrogen (secondary N) is 1. The molecule has 0 saturated heterocycles. The van der Waals surface area contributed by atoms with Crippen molar-refractivity contribution in [2.45, 2.75) is 56.4 Å². The third-order valence-corrected chi connectivity index (χ3v) is 5.60. The first kappa shape index (κ1) is 20.4. The molecule has 8 heteroatoms. The number of nitrogens with zero attached hydrogens (tertiary/aromatic N) is 1. The average molecular weight is 381 g/mol. The lowest BCUT2D eigenvalue weighted by Crippen LogP contribution is -2.44. The lowest BCUT2D eigenvalue weighted by molar-refractivity contribution is -0.134. The molecule has 1 aliphatic carbocycles. The first-order valence-corrected chi connectivity index (χ1v) is 10.5. The molecule has 1 aliphatic rings. The van der Waals surface area contributed by atoms with Crippen LogP contribution in [0.5, 0.6) is 0 Å². The van der Waals surface area contributed by atoms with E-state index in [9.17, 15) is 18.0 Å². The maximum absolute atomic E-state index is 12.2. The molecule has 0 spiro atoms. The fourth-order valence-electron chi connectivity index (χ4n) is 3.15. The van der Waals surface area contributed by atoms with Crippen molar-refractivity contribution >= 4 is 21.8 Å². The molecule has 0 atom stereocenters. The molecule has 144 valence electrons. The van der Waals surface area contributed by atoms with E-state index in [0.717, 1.165) is 31.2 Å². The van der Waals surface area contributed by atoms with Gasteiger partial charge in [-0.1, -0.05) is 31.4 Å². The van der Waals surface area contributed by atoms with Gasteiger partial charge < -0.3 is 10.2 Å². The van der Waals surface area contributed by atoms with Crippen LogP contribution in [0.25, 0.3) is 0 Å². The van der Waals surface area contributed by atoms with Gasteiger partial charge in [-0.25, -0.2) is 13.6 Å². The minimum Gasteiger partial charge on any atom is -0.352 e. The molecule has 2 amide bonds. The number of sulfonamides is 1. The van der Waals surface area contributed by atoms with Crippen molar-refractivity contribution in [1.29, 1.82) is 0 Å². The number of amides is 2. The van der Waals surface area contributed by atoms with Crippen LogP contribution in [-0.2, 0) is 26.0 Å². The summed E-state index contributed by atoms with van der Waals surface area (Å²) in [5, 5.41) is 8.09. The molecule has 0 aromatic heterocycles. The summed E-state index contributed by atoms with van der Waals surface area (Å²) < 4.78 is 22.5. The maximum atomic E-state index is 12.2. The molecule has 0 heterocycles. The Morgan fingerprint density at radius 3 is 2.31 bits per heavy atom. The highest BCUT2D eigenvalue weighted by Gasteiger charge is 2.19. The number of carbonyl (C=O) groups is 2. The Labute approximate surface area is 155 Å². The molecule has 1 aromatic carbocycles. The summed E-state index contributed by atoms with van der Waals surface area (Å²) in [4.78, 5) is 25.6. The number of carbonyl (C=O) groups excluding carboxylic acids is 2. The van der Waals surface area contributed by atoms with Crippen LogP contribution >= 0.6 is 0 Å². The summed E-state index contributed by atoms with van der Waals surface area (Å²) in [6, 6.07) is 6.44. The third-order valence-electron chi connectivity index (χ3n) is 4.67. The average Bonchev–Trinajstić information content (AvgIpc) is 2.59. The van der Waals surface area contributed by atoms with Gasteiger partial charge in [-0.2, -0.15) is 0 Å². The van der Waals surface area contributed by atoms with E-state index in [-0.39, 0.29) is 29.3 Å². The first-order chi connectivity index (χ1) is 12.3. The number of hydrogen-bond acceptors (Lipinski definition) is 4. The first-order valence-electron chi connectivity index (χ1n) is 8.92. The molecular formula is C18H27N3O4S. The fraction of sp³-hybridized carbons (Fsp3) is 0.556. The van der Waals surface area contributed by atoms with Crippen molar-refractivity contribution in [3.8, 4) is 0 Å². The summed E-state index contributed by atoms with van der Waals surface area (Å²) in [6.45, 7) is 1.88. The van der Waals surface area contributed by atoms with Gasteiger partial charge in [0.25, 0.3) is 0 Å². The van der Waals surface area contributed by atoms with E-state index in [2.05, 4.69) is 5.32 Å². The topological polar surface area (TPSA) is 110 Å². The quantitative estimate of drug-likeness (QED) is 0.739. The minimum absolute atomic E-state index is 0.0428. The highest BCUT2D eigenvalue weighted by atomic mass is 32.2. The second-order valence-corrected chi connectivity index (χ2v) is 8.34. The van der Waals surface area contributed by atoms with E-state index in [1.807, 2.05) is 0 Å². The van der Waals surface area contributed by atoms with Crippen LogP contribution in [0, 0.1) is 0 Å². The second-order valence-electron chi connectivity index (χ2n) is 6.78. The Balaban J connectivity index is 1.87. The Kier molecular flexibility index (Phi) is 7.16. The van der Waals surface area contributed by atoms with Crippen LogP contribution in [0.2, 0.25) is 0 Å². The van der Waals surface area contributed by atoms with Gasteiger partial charge in [0.2, 0.25) is 21.8 Å².